The van der Waals surface area contributed by atoms with Gasteiger partial charge in [0.1, 0.15) is 18.1 Å². The molecule has 1 fully saturated rings. The molecule has 1 saturated heterocycles. The molecule has 1 rings (SSSR count). The lowest BCUT2D eigenvalue weighted by atomic mass is 9.80. The number of carbonyl (C=O) groups is 2. The number of unbranched alkanes of at least 4 members (excludes halogenated alkanes) is 26. The lowest BCUT2D eigenvalue weighted by Crippen LogP contribution is -2.76. The van der Waals surface area contributed by atoms with Gasteiger partial charge in [0, 0.05) is 13.0 Å². The topological polar surface area (TPSA) is 159 Å². The molecule has 0 aliphatic carbocycles. The fourth-order valence-electron chi connectivity index (χ4n) is 7.87. The zero-order chi connectivity index (χ0) is 39.9. The summed E-state index contributed by atoms with van der Waals surface area (Å²) in [6.45, 7) is 5.64. The summed E-state index contributed by atoms with van der Waals surface area (Å²) in [5, 5.41) is 31.8. The van der Waals surface area contributed by atoms with Gasteiger partial charge in [0.2, 0.25) is 11.8 Å². The van der Waals surface area contributed by atoms with Gasteiger partial charge in [-0.05, 0) is 45.4 Å². The third-order valence-corrected chi connectivity index (χ3v) is 11.4. The van der Waals surface area contributed by atoms with Crippen molar-refractivity contribution in [2.24, 2.45) is 17.4 Å². The molecule has 54 heavy (non-hydrogen) atoms. The van der Waals surface area contributed by atoms with Crippen LogP contribution in [0.1, 0.15) is 213 Å². The molecular weight excluding hydrogens is 679 g/mol. The normalized spacial score (nSPS) is 22.2. The Morgan fingerprint density at radius 3 is 1.44 bits per heavy atom. The third-order valence-electron chi connectivity index (χ3n) is 11.4. The molecule has 7 N–H and O–H groups in total. The Balaban J connectivity index is 2.60. The molecule has 0 saturated carbocycles. The van der Waals surface area contributed by atoms with E-state index in [9.17, 15) is 24.9 Å². The van der Waals surface area contributed by atoms with Crippen LogP contribution >= 0.6 is 0 Å². The molecule has 9 heteroatoms. The van der Waals surface area contributed by atoms with Crippen LogP contribution in [0, 0.1) is 5.92 Å². The fourth-order valence-corrected chi connectivity index (χ4v) is 7.87. The highest BCUT2D eigenvalue weighted by Gasteiger charge is 2.59. The van der Waals surface area contributed by atoms with E-state index in [0.717, 1.165) is 51.4 Å². The van der Waals surface area contributed by atoms with Gasteiger partial charge in [-0.3, -0.25) is 15.3 Å². The van der Waals surface area contributed by atoms with Crippen molar-refractivity contribution >= 4 is 11.7 Å². The van der Waals surface area contributed by atoms with Crippen LogP contribution in [-0.4, -0.2) is 75.3 Å². The van der Waals surface area contributed by atoms with Gasteiger partial charge in [0.05, 0.1) is 18.8 Å². The minimum atomic E-state index is -2.04. The van der Waals surface area contributed by atoms with Crippen LogP contribution in [0.3, 0.4) is 0 Å². The second-order valence-corrected chi connectivity index (χ2v) is 16.4. The highest BCUT2D eigenvalue weighted by atomic mass is 16.6. The van der Waals surface area contributed by atoms with Crippen molar-refractivity contribution in [3.05, 3.63) is 12.2 Å². The lowest BCUT2D eigenvalue weighted by molar-refractivity contribution is -0.291. The van der Waals surface area contributed by atoms with E-state index < -0.39 is 48.5 Å². The van der Waals surface area contributed by atoms with Crippen LogP contribution in [0.25, 0.3) is 0 Å². The molecule has 318 valence electrons. The van der Waals surface area contributed by atoms with Gasteiger partial charge >= 0.3 is 0 Å². The summed E-state index contributed by atoms with van der Waals surface area (Å²) < 4.78 is 6.02. The Morgan fingerprint density at radius 2 is 1.04 bits per heavy atom. The number of ether oxygens (including phenoxy) is 1. The molecule has 1 amide bonds. The molecule has 1 aliphatic rings. The van der Waals surface area contributed by atoms with E-state index in [0.29, 0.717) is 12.8 Å². The number of rotatable bonds is 36. The first-order valence-electron chi connectivity index (χ1n) is 22.8. The average molecular weight is 766 g/mol. The number of aliphatic hydroxyl groups excluding tert-OH is 3. The van der Waals surface area contributed by atoms with E-state index >= 15 is 0 Å². The maximum absolute atomic E-state index is 13.9. The Bertz CT molecular complexity index is 948. The summed E-state index contributed by atoms with van der Waals surface area (Å²) in [7, 11) is 0. The van der Waals surface area contributed by atoms with Crippen LogP contribution in [0.15, 0.2) is 12.2 Å². The van der Waals surface area contributed by atoms with Gasteiger partial charge in [-0.25, -0.2) is 0 Å². The zero-order valence-electron chi connectivity index (χ0n) is 35.3. The number of hydrogen-bond donors (Lipinski definition) is 5. The van der Waals surface area contributed by atoms with E-state index in [1.165, 1.54) is 134 Å². The molecule has 1 aliphatic heterocycles. The van der Waals surface area contributed by atoms with Crippen molar-refractivity contribution in [1.82, 2.24) is 4.90 Å². The van der Waals surface area contributed by atoms with Crippen molar-refractivity contribution in [1.29, 1.82) is 0 Å². The molecule has 0 radical (unpaired) electrons. The Kier molecular flexibility index (Phi) is 30.7. The number of carbonyl (C=O) groups excluding carboxylic acids is 2. The molecule has 9 nitrogen and oxygen atoms in total. The average Bonchev–Trinajstić information content (AvgIpc) is 3.15. The fraction of sp³-hybridized carbons (Fsp3) is 0.911. The Labute approximate surface area is 331 Å². The monoisotopic (exact) mass is 766 g/mol. The second kappa shape index (κ2) is 32.7. The third kappa shape index (κ3) is 21.2. The van der Waals surface area contributed by atoms with Crippen LogP contribution in [0.5, 0.6) is 0 Å². The number of amides is 1. The minimum absolute atomic E-state index is 0.237. The Hall–Kier alpha value is -1.36. The highest BCUT2D eigenvalue weighted by Crippen LogP contribution is 2.36. The van der Waals surface area contributed by atoms with Crippen molar-refractivity contribution in [3.8, 4) is 0 Å². The molecule has 1 heterocycles. The standard InChI is InChI=1S/C45H87N3O6/c1-4-6-8-10-12-14-16-18-20-22-24-26-28-30-32-34-36-48(45(47)41(42(51)38(3)46)44(53)43(52)39(37-49)54-45)40(50)35-33-31-29-27-25-23-21-19-17-15-13-11-9-7-5-2/h19,21,38-39,41,43-44,49,52-53H,4-18,20,22-37,46-47H2,1-3H3/b21-19-/t38-,39+,41+,43+,44+,45-/m0/s1. The molecule has 0 unspecified atom stereocenters. The van der Waals surface area contributed by atoms with Crippen LogP contribution < -0.4 is 11.5 Å². The zero-order valence-corrected chi connectivity index (χ0v) is 35.3. The van der Waals surface area contributed by atoms with Crippen LogP contribution in [0.2, 0.25) is 0 Å². The number of aliphatic hydroxyl groups is 3. The van der Waals surface area contributed by atoms with Crippen LogP contribution in [-0.2, 0) is 14.3 Å². The van der Waals surface area contributed by atoms with Crippen molar-refractivity contribution < 1.29 is 29.6 Å². The summed E-state index contributed by atoms with van der Waals surface area (Å²) in [4.78, 5) is 28.7. The van der Waals surface area contributed by atoms with Gasteiger partial charge in [0.25, 0.3) is 0 Å². The van der Waals surface area contributed by atoms with Gasteiger partial charge in [-0.2, -0.15) is 0 Å². The van der Waals surface area contributed by atoms with E-state index in [-0.39, 0.29) is 18.9 Å². The van der Waals surface area contributed by atoms with Gasteiger partial charge in [0.15, 0.2) is 5.78 Å². The summed E-state index contributed by atoms with van der Waals surface area (Å²) in [5.74, 6) is -4.33. The van der Waals surface area contributed by atoms with E-state index in [1.807, 2.05) is 0 Å². The molecule has 0 spiro atoms. The molecule has 0 aromatic heterocycles. The number of ketones is 1. The van der Waals surface area contributed by atoms with Gasteiger partial charge < -0.3 is 30.7 Å². The maximum Gasteiger partial charge on any atom is 0.225 e. The maximum atomic E-state index is 13.9. The Morgan fingerprint density at radius 1 is 0.648 bits per heavy atom. The summed E-state index contributed by atoms with van der Waals surface area (Å²) >= 11 is 0. The predicted molar refractivity (Wildman–Crippen MR) is 224 cm³/mol. The molecule has 6 atom stereocenters. The van der Waals surface area contributed by atoms with Crippen molar-refractivity contribution in [3.63, 3.8) is 0 Å². The number of allylic oxidation sites excluding steroid dienone is 2. The molecule has 0 aromatic carbocycles. The second-order valence-electron chi connectivity index (χ2n) is 16.4. The first kappa shape index (κ1) is 50.7. The first-order valence-corrected chi connectivity index (χ1v) is 22.8. The predicted octanol–water partition coefficient (Wildman–Crippen LogP) is 9.37. The van der Waals surface area contributed by atoms with E-state index in [2.05, 4.69) is 26.0 Å². The van der Waals surface area contributed by atoms with Gasteiger partial charge in [-0.15, -0.1) is 0 Å². The van der Waals surface area contributed by atoms with Crippen molar-refractivity contribution in [2.45, 2.75) is 244 Å². The summed E-state index contributed by atoms with van der Waals surface area (Å²) in [6, 6.07) is -0.994. The number of nitrogens with two attached hydrogens (primary N) is 2. The van der Waals surface area contributed by atoms with Crippen molar-refractivity contribution in [2.75, 3.05) is 13.2 Å². The molecule has 0 aromatic rings. The number of Topliss-reactive ketones (excluding diaryl/α,β-unsaturated/α-hetero) is 1. The number of nitrogens with zero attached hydrogens (tertiary/aromatic N) is 1. The minimum Gasteiger partial charge on any atom is -0.394 e. The molecular formula is C45H87N3O6. The van der Waals surface area contributed by atoms with Crippen LogP contribution in [0.4, 0.5) is 0 Å². The highest BCUT2D eigenvalue weighted by molar-refractivity contribution is 5.88. The van der Waals surface area contributed by atoms with Gasteiger partial charge in [-0.1, -0.05) is 174 Å². The smallest absolute Gasteiger partial charge is 0.225 e. The quantitative estimate of drug-likeness (QED) is 0.0240. The summed E-state index contributed by atoms with van der Waals surface area (Å²) in [6.07, 6.45) is 35.2. The SMILES string of the molecule is CCCCCCCC/C=C\CCCCCCCC(=O)N(CCCCCCCCCCCCCCCCCC)[C@]1(N)O[C@H](CO)[C@@H](O)[C@H](O)[C@H]1C(=O)[C@H](C)N. The van der Waals surface area contributed by atoms with E-state index in [1.54, 1.807) is 0 Å². The lowest BCUT2D eigenvalue weighted by Gasteiger charge is -2.53. The molecule has 0 bridgehead atoms. The summed E-state index contributed by atoms with van der Waals surface area (Å²) in [5.41, 5.74) is 12.8. The first-order chi connectivity index (χ1) is 26.1. The number of hydrogen-bond acceptors (Lipinski definition) is 8. The largest absolute Gasteiger partial charge is 0.394 e. The van der Waals surface area contributed by atoms with E-state index in [4.69, 9.17) is 16.2 Å².